The number of carbonyl (C=O) groups excluding carboxylic acids is 8. The number of carboxylic acids is 2. The van der Waals surface area contributed by atoms with Gasteiger partial charge >= 0.3 is 17.9 Å². The number of hydrogen-bond acceptors (Lipinski definition) is 12. The molecule has 0 aromatic rings. The highest BCUT2D eigenvalue weighted by Gasteiger charge is 2.29. The second kappa shape index (κ2) is 20.8. The molecule has 0 radical (unpaired) electrons. The number of rotatable bonds is 23. The zero-order valence-electron chi connectivity index (χ0n) is 25.8. The summed E-state index contributed by atoms with van der Waals surface area (Å²) in [6.07, 6.45) is -2.53. The largest absolute Gasteiger partial charge is 0.550 e. The second-order valence-electron chi connectivity index (χ2n) is 10.4. The number of amides is 2. The van der Waals surface area contributed by atoms with Crippen LogP contribution in [0, 0.1) is 5.92 Å². The number of quaternary nitrogens is 1. The second-order valence-corrected chi connectivity index (χ2v) is 10.4. The molecule has 4 atom stereocenters. The lowest BCUT2D eigenvalue weighted by atomic mass is 9.97. The van der Waals surface area contributed by atoms with Crippen LogP contribution in [0.25, 0.3) is 0 Å². The smallest absolute Gasteiger partial charge is 0.338 e. The number of carbonyl (C=O) groups is 8. The minimum atomic E-state index is -1.76. The van der Waals surface area contributed by atoms with Crippen LogP contribution in [0.3, 0.4) is 0 Å². The van der Waals surface area contributed by atoms with Gasteiger partial charge in [-0.1, -0.05) is 13.2 Å². The Hall–Kier alpha value is -5.13. The molecule has 46 heavy (non-hydrogen) atoms. The Bertz CT molecular complexity index is 1230. The van der Waals surface area contributed by atoms with Crippen molar-refractivity contribution >= 4 is 53.2 Å². The van der Waals surface area contributed by atoms with Gasteiger partial charge in [-0.2, -0.15) is 0 Å². The minimum absolute atomic E-state index is 0.0347. The van der Waals surface area contributed by atoms with E-state index < -0.39 is 110 Å². The fourth-order valence-electron chi connectivity index (χ4n) is 3.50. The third kappa shape index (κ3) is 17.2. The third-order valence-corrected chi connectivity index (χ3v) is 6.08. The first-order valence-electron chi connectivity index (χ1n) is 14.0. The van der Waals surface area contributed by atoms with E-state index in [0.29, 0.717) is 0 Å². The van der Waals surface area contributed by atoms with Gasteiger partial charge in [-0.05, 0) is 26.7 Å². The molecule has 1 unspecified atom stereocenters. The number of Topliss-reactive ketones (excluding diaryl/α,β-unsaturated/α-hetero) is 2. The summed E-state index contributed by atoms with van der Waals surface area (Å²) < 4.78 is 9.65. The molecule has 0 aliphatic rings. The van der Waals surface area contributed by atoms with E-state index in [4.69, 9.17) is 20.9 Å². The summed E-state index contributed by atoms with van der Waals surface area (Å²) in [6.45, 7) is 8.54. The summed E-state index contributed by atoms with van der Waals surface area (Å²) >= 11 is 0. The van der Waals surface area contributed by atoms with Crippen LogP contribution in [0.2, 0.25) is 0 Å². The highest BCUT2D eigenvalue weighted by atomic mass is 16.5. The number of hydrogen-bond donors (Lipinski definition) is 6. The molecule has 0 saturated heterocycles. The van der Waals surface area contributed by atoms with Gasteiger partial charge in [-0.25, -0.2) is 9.59 Å². The quantitative estimate of drug-likeness (QED) is 0.0196. The van der Waals surface area contributed by atoms with Gasteiger partial charge in [0.15, 0.2) is 24.2 Å². The molecular formula is C28H42N6O12. The van der Waals surface area contributed by atoms with E-state index in [2.05, 4.69) is 34.5 Å². The van der Waals surface area contributed by atoms with E-state index in [-0.39, 0.29) is 36.5 Å². The summed E-state index contributed by atoms with van der Waals surface area (Å²) in [7, 11) is 0. The monoisotopic (exact) mass is 654 g/mol. The number of nitrogens with two attached hydrogens (primary N) is 2. The molecule has 0 heterocycles. The van der Waals surface area contributed by atoms with E-state index in [0.717, 1.165) is 0 Å². The van der Waals surface area contributed by atoms with Crippen LogP contribution in [0.1, 0.15) is 52.4 Å². The van der Waals surface area contributed by atoms with Gasteiger partial charge in [0.1, 0.15) is 6.61 Å². The minimum Gasteiger partial charge on any atom is -0.550 e. The average Bonchev–Trinajstić information content (AvgIpc) is 2.96. The summed E-state index contributed by atoms with van der Waals surface area (Å²) in [5.41, 5.74) is 14.4. The normalized spacial score (nSPS) is 13.0. The molecule has 2 amide bonds. The number of esters is 2. The third-order valence-electron chi connectivity index (χ3n) is 6.08. The van der Waals surface area contributed by atoms with Gasteiger partial charge in [0.25, 0.3) is 5.91 Å². The number of nitrogens with one attached hydrogen (secondary N) is 3. The summed E-state index contributed by atoms with van der Waals surface area (Å²) in [5.74, 6) is -10.2. The maximum Gasteiger partial charge on any atom is 0.338 e. The predicted molar refractivity (Wildman–Crippen MR) is 153 cm³/mol. The molecule has 0 aliphatic carbocycles. The molecule has 0 aromatic heterocycles. The maximum absolute atomic E-state index is 13.0. The molecule has 0 aromatic carbocycles. The lowest BCUT2D eigenvalue weighted by molar-refractivity contribution is -0.459. The molecule has 256 valence electrons. The van der Waals surface area contributed by atoms with E-state index in [1.54, 1.807) is 0 Å². The maximum atomic E-state index is 13.0. The van der Waals surface area contributed by atoms with Crippen molar-refractivity contribution in [2.45, 2.75) is 70.5 Å². The van der Waals surface area contributed by atoms with E-state index in [1.807, 2.05) is 0 Å². The van der Waals surface area contributed by atoms with Crippen LogP contribution < -0.4 is 43.0 Å². The molecule has 0 rings (SSSR count). The van der Waals surface area contributed by atoms with Gasteiger partial charge in [-0.15, -0.1) is 0 Å². The Kier molecular flexibility index (Phi) is 18.4. The van der Waals surface area contributed by atoms with Crippen molar-refractivity contribution in [3.63, 3.8) is 0 Å². The number of guanidine groups is 1. The lowest BCUT2D eigenvalue weighted by Crippen LogP contribution is -2.78. The SMILES string of the molecule is C=C(C)C(=O)OC[C@H](CC(=O)C(CC(=O)[O-])NC(=O)CCC(=O)[C@H](CCC[NH+]=C(N)N)NC(=O)[C@@H]([NH3+])COC(=O)C(=C)C)C(=O)[O-]. The van der Waals surface area contributed by atoms with Gasteiger partial charge in [0.2, 0.25) is 5.91 Å². The Morgan fingerprint density at radius 3 is 1.89 bits per heavy atom. The lowest BCUT2D eigenvalue weighted by Gasteiger charge is -2.23. The topological polar surface area (TPSA) is 319 Å². The van der Waals surface area contributed by atoms with E-state index in [1.165, 1.54) is 13.8 Å². The fourth-order valence-corrected chi connectivity index (χ4v) is 3.50. The van der Waals surface area contributed by atoms with Crippen molar-refractivity contribution in [3.8, 4) is 0 Å². The molecule has 0 bridgehead atoms. The van der Waals surface area contributed by atoms with Crippen LogP contribution in [-0.2, 0) is 47.8 Å². The zero-order chi connectivity index (χ0) is 35.6. The van der Waals surface area contributed by atoms with E-state index >= 15 is 0 Å². The molecule has 18 heteroatoms. The van der Waals surface area contributed by atoms with Crippen LogP contribution in [-0.4, -0.2) is 91.1 Å². The van der Waals surface area contributed by atoms with Crippen molar-refractivity contribution in [1.29, 1.82) is 0 Å². The molecule has 0 fully saturated rings. The van der Waals surface area contributed by atoms with Crippen molar-refractivity contribution in [2.75, 3.05) is 19.8 Å². The van der Waals surface area contributed by atoms with Crippen molar-refractivity contribution < 1.29 is 68.8 Å². The highest BCUT2D eigenvalue weighted by molar-refractivity contribution is 5.96. The van der Waals surface area contributed by atoms with Crippen molar-refractivity contribution in [3.05, 3.63) is 24.3 Å². The van der Waals surface area contributed by atoms with Crippen LogP contribution in [0.15, 0.2) is 24.3 Å². The molecule has 0 saturated carbocycles. The van der Waals surface area contributed by atoms with Gasteiger partial charge < -0.3 is 45.6 Å². The number of aliphatic carboxylic acids is 2. The highest BCUT2D eigenvalue weighted by Crippen LogP contribution is 2.11. The summed E-state index contributed by atoms with van der Waals surface area (Å²) in [4.78, 5) is 99.5. The fraction of sp³-hybridized carbons (Fsp3) is 0.536. The Morgan fingerprint density at radius 1 is 0.826 bits per heavy atom. The first-order valence-corrected chi connectivity index (χ1v) is 14.0. The van der Waals surface area contributed by atoms with Gasteiger partial charge in [0.05, 0.1) is 18.6 Å². The van der Waals surface area contributed by atoms with Crippen molar-refractivity contribution in [1.82, 2.24) is 10.6 Å². The number of ketones is 2. The molecule has 18 nitrogen and oxygen atoms in total. The standard InChI is InChI=1S/C28H42N6O12/c1-14(2)26(43)45-12-16(25(41)42)10-21(36)19(11-23(38)39)33-22(37)8-7-20(35)18(6-5-9-32-28(30)31)34-24(40)17(29)13-46-27(44)15(3)4/h16-19H,1,3,5-13,29H2,2,4H3,(H,33,37)(H,34,40)(H,38,39)(H,41,42)(H4,30,31,32)/t16-,17-,18-,19?/m0/s1. The first-order chi connectivity index (χ1) is 21.3. The summed E-state index contributed by atoms with van der Waals surface area (Å²) in [6, 6.07) is -3.97. The summed E-state index contributed by atoms with van der Waals surface area (Å²) in [5, 5.41) is 27.3. The molecular weight excluding hydrogens is 612 g/mol. The Labute approximate surface area is 264 Å². The van der Waals surface area contributed by atoms with Crippen LogP contribution in [0.5, 0.6) is 0 Å². The predicted octanol–water partition coefficient (Wildman–Crippen LogP) is -7.25. The van der Waals surface area contributed by atoms with Crippen LogP contribution in [0.4, 0.5) is 0 Å². The van der Waals surface area contributed by atoms with Crippen LogP contribution >= 0.6 is 0 Å². The number of carboxylic acid groups (broad SMARTS) is 2. The average molecular weight is 655 g/mol. The van der Waals surface area contributed by atoms with Crippen molar-refractivity contribution in [2.24, 2.45) is 17.4 Å². The first kappa shape index (κ1) is 40.9. The van der Waals surface area contributed by atoms with Gasteiger partial charge in [-0.3, -0.25) is 35.6 Å². The van der Waals surface area contributed by atoms with Gasteiger partial charge in [0, 0.05) is 54.7 Å². The van der Waals surface area contributed by atoms with E-state index in [9.17, 15) is 48.6 Å². The molecule has 0 aliphatic heterocycles. The molecule has 10 N–H and O–H groups in total. The Balaban J connectivity index is 5.47. The Morgan fingerprint density at radius 2 is 1.39 bits per heavy atom. The number of ether oxygens (including phenoxy) is 2. The molecule has 0 spiro atoms. The zero-order valence-corrected chi connectivity index (χ0v) is 25.8.